The lowest BCUT2D eigenvalue weighted by Crippen LogP contribution is -2.38. The van der Waals surface area contributed by atoms with Gasteiger partial charge >= 0.3 is 0 Å². The van der Waals surface area contributed by atoms with E-state index in [0.29, 0.717) is 149 Å². The number of amides is 5. The quantitative estimate of drug-likeness (QED) is 0.0350. The third-order valence-corrected chi connectivity index (χ3v) is 23.9. The largest absolute Gasteiger partial charge is 0.379 e. The number of ether oxygens (including phenoxy) is 2. The highest BCUT2D eigenvalue weighted by Gasteiger charge is 2.42. The van der Waals surface area contributed by atoms with Gasteiger partial charge in [0.1, 0.15) is 43.6 Å². The number of rotatable bonds is 20. The molecular formula is C86H111Cl3FN21O7. The van der Waals surface area contributed by atoms with Crippen LogP contribution in [0, 0.1) is 23.3 Å². The van der Waals surface area contributed by atoms with Crippen molar-refractivity contribution < 1.29 is 37.8 Å². The van der Waals surface area contributed by atoms with E-state index in [2.05, 4.69) is 125 Å². The molecule has 118 heavy (non-hydrogen) atoms. The molecule has 1 aliphatic heterocycles. The van der Waals surface area contributed by atoms with E-state index >= 15 is 0 Å². The third-order valence-electron chi connectivity index (χ3n) is 23.1. The average molecular weight is 1680 g/mol. The Bertz CT molecular complexity index is 5350. The molecule has 32 heteroatoms. The highest BCUT2D eigenvalue weighted by atomic mass is 35.5. The Hall–Kier alpha value is -9.34. The lowest BCUT2D eigenvalue weighted by molar-refractivity contribution is -0.131. The Kier molecular flexibility index (Phi) is 26.6. The summed E-state index contributed by atoms with van der Waals surface area (Å²) in [4.78, 5) is 110. The van der Waals surface area contributed by atoms with Gasteiger partial charge in [-0.25, -0.2) is 49.2 Å². The summed E-state index contributed by atoms with van der Waals surface area (Å²) < 4.78 is 35.1. The summed E-state index contributed by atoms with van der Waals surface area (Å²) in [5, 5.41) is 15.8. The van der Waals surface area contributed by atoms with Gasteiger partial charge in [0.05, 0.1) is 28.7 Å². The summed E-state index contributed by atoms with van der Waals surface area (Å²) in [5.74, 6) is 3.03. The lowest BCUT2D eigenvalue weighted by atomic mass is 9.72. The van der Waals surface area contributed by atoms with Crippen LogP contribution >= 0.6 is 34.8 Å². The van der Waals surface area contributed by atoms with Crippen molar-refractivity contribution in [2.75, 3.05) is 33.7 Å². The molecule has 17 rings (SSSR count). The van der Waals surface area contributed by atoms with Crippen LogP contribution in [0.25, 0.3) is 60.7 Å². The molecule has 7 fully saturated rings. The van der Waals surface area contributed by atoms with Crippen molar-refractivity contribution >= 4 is 156 Å². The standard InChI is InChI=1S/C19H26N4O2.C18H23N5O2.C17H20ClFN4O.C16H20Cl2N4O.C16H22N4O/c1-19(2)10-4-8-14(25-19)12-16(24)22-18-21-15-9-5-11-20-17(15)23(18)13-6-3-7-13;1-18(2,25-4)11-10-15(24)22-17-20-13-8-9-14(19-3)21-16(13)23(17)12-6-5-7-12;1-17(19)8-10(9-17)7-14(24)22-16-20-12-5-6-13(18)21-15(12)23(16)11-3-2-4-11;1-16(2,3)8-12(23)20-15-19-11-7-10(17)13(18)21-14(11)22(15)9-5-4-6-9;1-16(2,3)10-13(21)19-15-18-12-8-5-9-17-14(12)20(15)11-6-4-7-11/h5,9,11,13-14H,3-4,6-8,10,12H2,1-2H3,(H,21,22,24);8-9,12H,5-7,10-11H2,1-2,4H3,(H,20,22,24);5-6,10-11H,2-4,7-9H2,1H3,(H,20,22,24);7,9H,4-6,8H2,1-3H3,(H,19,20,23);5,8-9,11H,4,6-7,10H2,1-3H3,(H,18,19,21)/t14-;;;;/m0..../s1. The zero-order chi connectivity index (χ0) is 84.2. The smallest absolute Gasteiger partial charge is 0.271 e. The predicted molar refractivity (Wildman–Crippen MR) is 459 cm³/mol. The fourth-order valence-corrected chi connectivity index (χ4v) is 16.2. The number of aromatic nitrogens is 15. The molecule has 630 valence electrons. The number of pyridine rings is 5. The normalized spacial score (nSPS) is 19.5. The minimum absolute atomic E-state index is 0.0107. The Morgan fingerprint density at radius 3 is 1.32 bits per heavy atom. The molecule has 0 spiro atoms. The highest BCUT2D eigenvalue weighted by Crippen LogP contribution is 2.45. The summed E-state index contributed by atoms with van der Waals surface area (Å²) in [6.45, 7) is 29.1. The summed E-state index contributed by atoms with van der Waals surface area (Å²) in [6.07, 6.45) is 26.8. The summed E-state index contributed by atoms with van der Waals surface area (Å²) in [6, 6.07) is 18.0. The number of imidazole rings is 5. The van der Waals surface area contributed by atoms with Crippen LogP contribution < -0.4 is 26.6 Å². The number of nitrogens with one attached hydrogen (secondary N) is 5. The lowest BCUT2D eigenvalue weighted by Gasteiger charge is -2.38. The molecular weight excluding hydrogens is 1560 g/mol. The first kappa shape index (κ1) is 86.5. The number of methoxy groups -OCH3 is 1. The number of alkyl halides is 1. The van der Waals surface area contributed by atoms with Crippen molar-refractivity contribution in [3.8, 4) is 0 Å². The molecule has 5 amide bonds. The molecule has 11 heterocycles. The Morgan fingerprint density at radius 2 is 0.907 bits per heavy atom. The number of nitrogens with zero attached hydrogens (tertiary/aromatic N) is 16. The SMILES string of the molecule is CC(C)(C)CC(=O)Nc1nc2cc(Cl)c(Cl)nc2n1C1CCC1.CC(C)(C)CC(=O)Nc1nc2cccnc2n1C1CCC1.CC1(C)CCC[C@@H](CC(=O)Nc2nc3cccnc3n2C2CCC2)O1.CC1(F)CC(CC(=O)Nc2nc3ccc(Cl)nc3n2C2CCC2)C1.[C-]#[N+]c1ccc2nc(NC(=O)CCC(C)(C)OC)n(C3CCC3)c2n1. The van der Waals surface area contributed by atoms with Crippen LogP contribution in [-0.4, -0.2) is 132 Å². The number of hydrogen-bond donors (Lipinski definition) is 5. The van der Waals surface area contributed by atoms with Gasteiger partial charge in [-0.15, -0.1) is 0 Å². The monoisotopic (exact) mass is 1670 g/mol. The van der Waals surface area contributed by atoms with Crippen molar-refractivity contribution in [2.24, 2.45) is 16.7 Å². The average Bonchev–Trinajstić information content (AvgIpc) is 1.64. The second-order valence-corrected chi connectivity index (χ2v) is 37.7. The fourth-order valence-electron chi connectivity index (χ4n) is 15.8. The van der Waals surface area contributed by atoms with Crippen molar-refractivity contribution in [1.29, 1.82) is 0 Å². The Balaban J connectivity index is 0.000000128. The second-order valence-electron chi connectivity index (χ2n) is 36.5. The zero-order valence-electron chi connectivity index (χ0n) is 69.8. The predicted octanol–water partition coefficient (Wildman–Crippen LogP) is 20.3. The molecule has 0 bridgehead atoms. The van der Waals surface area contributed by atoms with E-state index in [1.165, 1.54) is 19.3 Å². The molecule has 0 unspecified atom stereocenters. The van der Waals surface area contributed by atoms with Crippen LogP contribution in [0.15, 0.2) is 67.0 Å². The first-order valence-electron chi connectivity index (χ1n) is 41.7. The van der Waals surface area contributed by atoms with Gasteiger partial charge < -0.3 is 14.3 Å². The van der Waals surface area contributed by atoms with E-state index in [1.807, 2.05) is 78.7 Å². The molecule has 6 saturated carbocycles. The Labute approximate surface area is 702 Å². The number of carbonyl (C=O) groups is 5. The summed E-state index contributed by atoms with van der Waals surface area (Å²) in [5.41, 5.74) is 5.85. The number of anilines is 5. The molecule has 0 aromatic carbocycles. The zero-order valence-corrected chi connectivity index (χ0v) is 72.1. The van der Waals surface area contributed by atoms with Crippen molar-refractivity contribution in [3.05, 3.63) is 93.7 Å². The molecule has 10 aromatic rings. The number of fused-ring (bicyclic) bond motifs is 5. The third kappa shape index (κ3) is 21.4. The van der Waals surface area contributed by atoms with Crippen LogP contribution in [0.5, 0.6) is 0 Å². The maximum atomic E-state index is 13.6. The first-order valence-corrected chi connectivity index (χ1v) is 42.8. The molecule has 1 atom stereocenters. The molecule has 1 saturated heterocycles. The van der Waals surface area contributed by atoms with Crippen LogP contribution in [0.3, 0.4) is 0 Å². The van der Waals surface area contributed by atoms with E-state index < -0.39 is 5.67 Å². The van der Waals surface area contributed by atoms with Gasteiger partial charge in [0.15, 0.2) is 22.6 Å². The molecule has 7 aliphatic rings. The summed E-state index contributed by atoms with van der Waals surface area (Å²) in [7, 11) is 1.65. The second kappa shape index (κ2) is 36.3. The maximum Gasteiger partial charge on any atom is 0.271 e. The first-order chi connectivity index (χ1) is 56.0. The number of halogens is 4. The van der Waals surface area contributed by atoms with E-state index in [1.54, 1.807) is 50.7 Å². The minimum Gasteiger partial charge on any atom is -0.379 e. The van der Waals surface area contributed by atoms with Crippen LogP contribution in [0.1, 0.15) is 273 Å². The van der Waals surface area contributed by atoms with Crippen molar-refractivity contribution in [3.63, 3.8) is 0 Å². The van der Waals surface area contributed by atoms with Crippen molar-refractivity contribution in [1.82, 2.24) is 72.7 Å². The van der Waals surface area contributed by atoms with Gasteiger partial charge in [0, 0.05) is 75.4 Å². The van der Waals surface area contributed by atoms with E-state index in [9.17, 15) is 28.4 Å². The highest BCUT2D eigenvalue weighted by molar-refractivity contribution is 6.41. The Morgan fingerprint density at radius 1 is 0.508 bits per heavy atom. The van der Waals surface area contributed by atoms with Gasteiger partial charge in [0.25, 0.3) is 11.5 Å². The van der Waals surface area contributed by atoms with Gasteiger partial charge in [-0.3, -0.25) is 73.4 Å². The van der Waals surface area contributed by atoms with Crippen LogP contribution in [0.4, 0.5) is 39.9 Å². The molecule has 0 radical (unpaired) electrons. The molecule has 5 N–H and O–H groups in total. The molecule has 28 nitrogen and oxygen atoms in total. The number of hydrogen-bond acceptors (Lipinski definition) is 17. The topological polar surface area (TPSA) is 322 Å². The van der Waals surface area contributed by atoms with E-state index in [0.717, 1.165) is 124 Å². The maximum absolute atomic E-state index is 13.6. The van der Waals surface area contributed by atoms with Gasteiger partial charge in [-0.2, -0.15) is 0 Å². The van der Waals surface area contributed by atoms with E-state index in [4.69, 9.17) is 50.8 Å². The van der Waals surface area contributed by atoms with Crippen molar-refractivity contribution in [2.45, 2.75) is 296 Å². The van der Waals surface area contributed by atoms with Crippen LogP contribution in [0.2, 0.25) is 15.3 Å². The molecule has 6 aliphatic carbocycles. The van der Waals surface area contributed by atoms with E-state index in [-0.39, 0.29) is 74.8 Å². The summed E-state index contributed by atoms with van der Waals surface area (Å²) >= 11 is 18.1. The van der Waals surface area contributed by atoms with Gasteiger partial charge in [-0.05, 0) is 241 Å². The number of carbonyl (C=O) groups excluding carboxylic acids is 5. The fraction of sp³-hybridized carbons (Fsp3) is 0.581. The van der Waals surface area contributed by atoms with Gasteiger partial charge in [0.2, 0.25) is 59.3 Å². The minimum atomic E-state index is -1.11. The van der Waals surface area contributed by atoms with Crippen LogP contribution in [-0.2, 0) is 33.4 Å². The van der Waals surface area contributed by atoms with Gasteiger partial charge in [-0.1, -0.05) is 87.9 Å². The molecule has 10 aromatic heterocycles.